The zero-order valence-corrected chi connectivity index (χ0v) is 18.6. The van der Waals surface area contributed by atoms with E-state index in [4.69, 9.17) is 9.26 Å². The van der Waals surface area contributed by atoms with Crippen LogP contribution in [0.3, 0.4) is 0 Å². The maximum Gasteiger partial charge on any atom is 0.232 e. The van der Waals surface area contributed by atoms with Gasteiger partial charge in [-0.2, -0.15) is 0 Å². The first-order chi connectivity index (χ1) is 14.0. The van der Waals surface area contributed by atoms with Crippen LogP contribution in [0.15, 0.2) is 34.9 Å². The van der Waals surface area contributed by atoms with Crippen molar-refractivity contribution in [1.82, 2.24) is 10.1 Å². The van der Waals surface area contributed by atoms with Crippen LogP contribution in [0.25, 0.3) is 11.3 Å². The summed E-state index contributed by atoms with van der Waals surface area (Å²) in [5.41, 5.74) is 2.99. The fraction of sp³-hybridized carbons (Fsp3) is 0.609. The molecule has 0 aliphatic heterocycles. The molecule has 0 amide bonds. The van der Waals surface area contributed by atoms with Gasteiger partial charge in [0.15, 0.2) is 0 Å². The molecule has 0 aliphatic rings. The van der Waals surface area contributed by atoms with Gasteiger partial charge in [-0.25, -0.2) is 0 Å². The average Bonchev–Trinajstić information content (AvgIpc) is 3.11. The standard InChI is InChI=1S/C23H37N3O3/c1-6-26(7-2)23-21(22(24-29-23)19-12-10-9-11-13-19)16-25(14-18(4)5)15-20(27)17-28-8-3/h9-13,18,20,27H,6-8,14-17H2,1-5H3/t20-/m1/s1. The molecule has 1 aromatic carbocycles. The molecule has 0 saturated carbocycles. The number of anilines is 1. The van der Waals surface area contributed by atoms with Gasteiger partial charge in [-0.3, -0.25) is 4.90 Å². The van der Waals surface area contributed by atoms with E-state index in [1.165, 1.54) is 0 Å². The smallest absolute Gasteiger partial charge is 0.232 e. The molecule has 6 nitrogen and oxygen atoms in total. The SMILES string of the molecule is CCOC[C@H](O)CN(Cc1c(-c2ccccc2)noc1N(CC)CC)CC(C)C. The molecule has 1 aromatic heterocycles. The summed E-state index contributed by atoms with van der Waals surface area (Å²) in [6.07, 6.45) is -0.523. The number of ether oxygens (including phenoxy) is 1. The molecule has 162 valence electrons. The number of rotatable bonds is 13. The van der Waals surface area contributed by atoms with Crippen molar-refractivity contribution in [2.24, 2.45) is 5.92 Å². The molecule has 0 unspecified atom stereocenters. The third-order valence-electron chi connectivity index (χ3n) is 4.85. The quantitative estimate of drug-likeness (QED) is 0.545. The molecule has 0 spiro atoms. The summed E-state index contributed by atoms with van der Waals surface area (Å²) in [5, 5.41) is 14.9. The largest absolute Gasteiger partial charge is 0.389 e. The van der Waals surface area contributed by atoms with Crippen LogP contribution in [0.2, 0.25) is 0 Å². The highest BCUT2D eigenvalue weighted by Crippen LogP contribution is 2.32. The molecule has 0 saturated heterocycles. The fourth-order valence-electron chi connectivity index (χ4n) is 3.57. The second-order valence-electron chi connectivity index (χ2n) is 7.75. The molecule has 1 atom stereocenters. The lowest BCUT2D eigenvalue weighted by atomic mass is 10.1. The van der Waals surface area contributed by atoms with Crippen molar-refractivity contribution in [3.05, 3.63) is 35.9 Å². The molecule has 2 aromatic rings. The number of nitrogens with zero attached hydrogens (tertiary/aromatic N) is 3. The normalized spacial score (nSPS) is 12.7. The van der Waals surface area contributed by atoms with E-state index < -0.39 is 6.10 Å². The van der Waals surface area contributed by atoms with Crippen molar-refractivity contribution < 1.29 is 14.4 Å². The lowest BCUT2D eigenvalue weighted by molar-refractivity contribution is 0.0175. The van der Waals surface area contributed by atoms with Gasteiger partial charge in [0.05, 0.1) is 18.3 Å². The van der Waals surface area contributed by atoms with Crippen LogP contribution in [-0.4, -0.2) is 60.7 Å². The van der Waals surface area contributed by atoms with Gasteiger partial charge < -0.3 is 19.3 Å². The van der Waals surface area contributed by atoms with Gasteiger partial charge in [0, 0.05) is 44.9 Å². The monoisotopic (exact) mass is 403 g/mol. The zero-order chi connectivity index (χ0) is 21.2. The zero-order valence-electron chi connectivity index (χ0n) is 18.6. The first-order valence-corrected chi connectivity index (χ1v) is 10.8. The number of benzene rings is 1. The van der Waals surface area contributed by atoms with Crippen molar-refractivity contribution in [3.63, 3.8) is 0 Å². The van der Waals surface area contributed by atoms with Gasteiger partial charge >= 0.3 is 0 Å². The summed E-state index contributed by atoms with van der Waals surface area (Å²) in [4.78, 5) is 4.47. The minimum Gasteiger partial charge on any atom is -0.389 e. The van der Waals surface area contributed by atoms with Gasteiger partial charge in [0.2, 0.25) is 5.88 Å². The highest BCUT2D eigenvalue weighted by Gasteiger charge is 2.24. The molecule has 29 heavy (non-hydrogen) atoms. The van der Waals surface area contributed by atoms with E-state index in [1.54, 1.807) is 0 Å². The van der Waals surface area contributed by atoms with Crippen LogP contribution in [0.4, 0.5) is 5.88 Å². The summed E-state index contributed by atoms with van der Waals surface area (Å²) in [5.74, 6) is 1.30. The lowest BCUT2D eigenvalue weighted by Gasteiger charge is -2.28. The lowest BCUT2D eigenvalue weighted by Crippen LogP contribution is -2.37. The first-order valence-electron chi connectivity index (χ1n) is 10.8. The Hall–Kier alpha value is -1.89. The maximum absolute atomic E-state index is 10.4. The predicted octanol–water partition coefficient (Wildman–Crippen LogP) is 4.04. The molecule has 1 heterocycles. The molecule has 1 N–H and O–H groups in total. The number of hydrogen-bond donors (Lipinski definition) is 1. The van der Waals surface area contributed by atoms with Gasteiger partial charge in [0.1, 0.15) is 5.69 Å². The predicted molar refractivity (Wildman–Crippen MR) is 118 cm³/mol. The van der Waals surface area contributed by atoms with E-state index in [2.05, 4.69) is 54.8 Å². The number of aromatic nitrogens is 1. The van der Waals surface area contributed by atoms with Crippen LogP contribution < -0.4 is 4.90 Å². The summed E-state index contributed by atoms with van der Waals surface area (Å²) < 4.78 is 11.2. The van der Waals surface area contributed by atoms with Gasteiger partial charge in [0.25, 0.3) is 0 Å². The molecule has 0 bridgehead atoms. The Morgan fingerprint density at radius 1 is 1.07 bits per heavy atom. The maximum atomic E-state index is 10.4. The number of aliphatic hydroxyl groups is 1. The van der Waals surface area contributed by atoms with Crippen LogP contribution in [0.1, 0.15) is 40.2 Å². The minimum atomic E-state index is -0.523. The minimum absolute atomic E-state index is 0.350. The topological polar surface area (TPSA) is 62.0 Å². The van der Waals surface area contributed by atoms with E-state index in [9.17, 15) is 5.11 Å². The molecule has 2 rings (SSSR count). The van der Waals surface area contributed by atoms with E-state index in [-0.39, 0.29) is 0 Å². The second kappa shape index (κ2) is 12.0. The van der Waals surface area contributed by atoms with Crippen LogP contribution in [-0.2, 0) is 11.3 Å². The highest BCUT2D eigenvalue weighted by molar-refractivity contribution is 5.68. The van der Waals surface area contributed by atoms with E-state index >= 15 is 0 Å². The van der Waals surface area contributed by atoms with Gasteiger partial charge in [-0.1, -0.05) is 49.3 Å². The van der Waals surface area contributed by atoms with Crippen LogP contribution in [0, 0.1) is 5.92 Å². The van der Waals surface area contributed by atoms with Crippen molar-refractivity contribution >= 4 is 5.88 Å². The van der Waals surface area contributed by atoms with Crippen molar-refractivity contribution in [2.75, 3.05) is 44.3 Å². The Kier molecular flexibility index (Phi) is 9.64. The van der Waals surface area contributed by atoms with Gasteiger partial charge in [-0.15, -0.1) is 0 Å². The van der Waals surface area contributed by atoms with Crippen LogP contribution >= 0.6 is 0 Å². The Morgan fingerprint density at radius 3 is 2.34 bits per heavy atom. The van der Waals surface area contributed by atoms with Crippen molar-refractivity contribution in [2.45, 2.75) is 47.3 Å². The molecular formula is C23H37N3O3. The van der Waals surface area contributed by atoms with Crippen molar-refractivity contribution in [3.8, 4) is 11.3 Å². The first kappa shape index (κ1) is 23.4. The molecule has 0 radical (unpaired) electrons. The molecule has 6 heteroatoms. The molecular weight excluding hydrogens is 366 g/mol. The Labute approximate surface area is 175 Å². The van der Waals surface area contributed by atoms with Gasteiger partial charge in [-0.05, 0) is 26.7 Å². The van der Waals surface area contributed by atoms with Crippen molar-refractivity contribution in [1.29, 1.82) is 0 Å². The van der Waals surface area contributed by atoms with E-state index in [1.807, 2.05) is 25.1 Å². The summed E-state index contributed by atoms with van der Waals surface area (Å²) in [6, 6.07) is 10.2. The Bertz CT molecular complexity index is 699. The Balaban J connectivity index is 2.35. The van der Waals surface area contributed by atoms with E-state index in [0.717, 1.165) is 42.3 Å². The second-order valence-corrected chi connectivity index (χ2v) is 7.75. The summed E-state index contributed by atoms with van der Waals surface area (Å²) >= 11 is 0. The van der Waals surface area contributed by atoms with Crippen LogP contribution in [0.5, 0.6) is 0 Å². The average molecular weight is 404 g/mol. The third-order valence-corrected chi connectivity index (χ3v) is 4.85. The summed E-state index contributed by atoms with van der Waals surface area (Å²) in [7, 11) is 0. The number of hydrogen-bond acceptors (Lipinski definition) is 6. The highest BCUT2D eigenvalue weighted by atomic mass is 16.5. The van der Waals surface area contributed by atoms with E-state index in [0.29, 0.717) is 32.2 Å². The number of aliphatic hydroxyl groups excluding tert-OH is 1. The molecule has 0 aliphatic carbocycles. The summed E-state index contributed by atoms with van der Waals surface area (Å²) in [6.45, 7) is 15.3. The fourth-order valence-corrected chi connectivity index (χ4v) is 3.57. The Morgan fingerprint density at radius 2 is 1.76 bits per heavy atom. The molecule has 0 fully saturated rings. The third kappa shape index (κ3) is 6.84.